The first-order valence-electron chi connectivity index (χ1n) is 15.0. The van der Waals surface area contributed by atoms with E-state index >= 15 is 0 Å². The lowest BCUT2D eigenvalue weighted by atomic mass is 10.0. The Balaban J connectivity index is 1.43. The van der Waals surface area contributed by atoms with Gasteiger partial charge in [0.15, 0.2) is 0 Å². The molecule has 0 spiro atoms. The number of fused-ring (bicyclic) bond motifs is 1. The highest BCUT2D eigenvalue weighted by atomic mass is 16.6. The fourth-order valence-corrected chi connectivity index (χ4v) is 4.21. The molecule has 1 aromatic rings. The summed E-state index contributed by atoms with van der Waals surface area (Å²) in [6, 6.07) is 5.60. The first kappa shape index (κ1) is 34.6. The van der Waals surface area contributed by atoms with Gasteiger partial charge in [0.25, 0.3) is 0 Å². The second-order valence-corrected chi connectivity index (χ2v) is 11.0. The Morgan fingerprint density at radius 1 is 0.854 bits per heavy atom. The molecule has 0 fully saturated rings. The molecule has 0 saturated carbocycles. The third kappa shape index (κ3) is 16.5. The molecule has 1 amide bonds. The van der Waals surface area contributed by atoms with E-state index in [0.29, 0.717) is 59.1 Å². The van der Waals surface area contributed by atoms with Crippen LogP contribution in [-0.2, 0) is 28.5 Å². The van der Waals surface area contributed by atoms with Gasteiger partial charge in [-0.3, -0.25) is 4.79 Å². The van der Waals surface area contributed by atoms with E-state index < -0.39 is 11.7 Å². The smallest absolute Gasteiger partial charge is 0.408 e. The molecule has 0 aromatic heterocycles. The molecule has 1 aliphatic rings. The molecule has 0 radical (unpaired) electrons. The molecule has 1 heterocycles. The van der Waals surface area contributed by atoms with Gasteiger partial charge in [-0.15, -0.1) is 0 Å². The van der Waals surface area contributed by atoms with Crippen LogP contribution in [0.5, 0.6) is 11.5 Å². The Morgan fingerprint density at radius 3 is 2.10 bits per heavy atom. The van der Waals surface area contributed by atoms with E-state index in [1.807, 2.05) is 39.0 Å². The van der Waals surface area contributed by atoms with Gasteiger partial charge >= 0.3 is 12.1 Å². The number of hydrogen-bond acceptors (Lipinski definition) is 9. The summed E-state index contributed by atoms with van der Waals surface area (Å²) in [4.78, 5) is 23.3. The Bertz CT molecular complexity index is 872. The van der Waals surface area contributed by atoms with Crippen LogP contribution in [0.3, 0.4) is 0 Å². The Hall–Kier alpha value is -2.56. The highest BCUT2D eigenvalue weighted by Gasteiger charge is 2.26. The molecule has 10 nitrogen and oxygen atoms in total. The SMILES string of the molecule is COC(=O)CCCCCOCCOCCOCCCCCCOc1ccc2c(c1)[C@H](NC(=O)OC(C)(C)C)CCO2. The molecule has 0 bridgehead atoms. The fraction of sp³-hybridized carbons (Fsp3) is 0.742. The maximum Gasteiger partial charge on any atom is 0.408 e. The molecule has 0 aliphatic carbocycles. The molecule has 1 aliphatic heterocycles. The summed E-state index contributed by atoms with van der Waals surface area (Å²) < 4.78 is 38.4. The number of esters is 1. The Labute approximate surface area is 245 Å². The number of carbonyl (C=O) groups is 2. The second-order valence-electron chi connectivity index (χ2n) is 11.0. The van der Waals surface area contributed by atoms with Gasteiger partial charge in [0.1, 0.15) is 17.1 Å². The van der Waals surface area contributed by atoms with E-state index in [0.717, 1.165) is 68.6 Å². The summed E-state index contributed by atoms with van der Waals surface area (Å²) in [5, 5.41) is 2.96. The van der Waals surface area contributed by atoms with Gasteiger partial charge in [0.05, 0.1) is 52.8 Å². The Kier molecular flexibility index (Phi) is 17.2. The van der Waals surface area contributed by atoms with Crippen LogP contribution in [0.2, 0.25) is 0 Å². The van der Waals surface area contributed by atoms with E-state index in [-0.39, 0.29) is 12.0 Å². The van der Waals surface area contributed by atoms with Gasteiger partial charge in [-0.1, -0.05) is 12.8 Å². The number of benzene rings is 1. The summed E-state index contributed by atoms with van der Waals surface area (Å²) in [6.07, 6.45) is 7.56. The minimum atomic E-state index is -0.546. The third-order valence-corrected chi connectivity index (χ3v) is 6.30. The van der Waals surface area contributed by atoms with Crippen molar-refractivity contribution in [2.45, 2.75) is 90.2 Å². The van der Waals surface area contributed by atoms with E-state index in [1.54, 1.807) is 0 Å². The minimum Gasteiger partial charge on any atom is -0.494 e. The lowest BCUT2D eigenvalue weighted by Gasteiger charge is -2.28. The predicted octanol–water partition coefficient (Wildman–Crippen LogP) is 5.76. The van der Waals surface area contributed by atoms with E-state index in [2.05, 4.69) is 10.1 Å². The lowest BCUT2D eigenvalue weighted by Crippen LogP contribution is -2.36. The monoisotopic (exact) mass is 581 g/mol. The zero-order valence-corrected chi connectivity index (χ0v) is 25.5. The largest absolute Gasteiger partial charge is 0.494 e. The standard InChI is InChI=1S/C31H51NO9/c1-31(2,3)41-30(34)32-27-15-19-40-28-14-13-25(24-26(27)28)39-18-11-6-5-9-16-36-20-22-38-23-21-37-17-10-7-8-12-29(33)35-4/h13-14,24,27H,5-12,15-23H2,1-4H3,(H,32,34)/t27-/m1/s1. The highest BCUT2D eigenvalue weighted by molar-refractivity contribution is 5.69. The van der Waals surface area contributed by atoms with Crippen molar-refractivity contribution in [2.75, 3.05) is 60.0 Å². The zero-order valence-electron chi connectivity index (χ0n) is 25.5. The molecule has 41 heavy (non-hydrogen) atoms. The molecular weight excluding hydrogens is 530 g/mol. The molecule has 234 valence electrons. The average molecular weight is 582 g/mol. The van der Waals surface area contributed by atoms with Crippen LogP contribution in [0.4, 0.5) is 4.79 Å². The molecule has 0 saturated heterocycles. The van der Waals surface area contributed by atoms with Crippen LogP contribution in [-0.4, -0.2) is 77.6 Å². The first-order chi connectivity index (χ1) is 19.8. The van der Waals surface area contributed by atoms with Gasteiger partial charge in [-0.05, 0) is 71.1 Å². The Morgan fingerprint density at radius 2 is 1.46 bits per heavy atom. The van der Waals surface area contributed by atoms with Crippen molar-refractivity contribution in [3.05, 3.63) is 23.8 Å². The maximum atomic E-state index is 12.3. The number of alkyl carbamates (subject to hydrolysis) is 1. The van der Waals surface area contributed by atoms with Gasteiger partial charge in [0, 0.05) is 31.6 Å². The van der Waals surface area contributed by atoms with Crippen LogP contribution in [0.25, 0.3) is 0 Å². The molecular formula is C31H51NO9. The zero-order chi connectivity index (χ0) is 29.8. The van der Waals surface area contributed by atoms with Crippen molar-refractivity contribution < 1.29 is 42.7 Å². The second kappa shape index (κ2) is 20.3. The molecule has 1 N–H and O–H groups in total. The summed E-state index contributed by atoms with van der Waals surface area (Å²) in [5.74, 6) is 1.38. The average Bonchev–Trinajstić information content (AvgIpc) is 2.93. The maximum absolute atomic E-state index is 12.3. The van der Waals surface area contributed by atoms with E-state index in [1.165, 1.54) is 7.11 Å². The van der Waals surface area contributed by atoms with E-state index in [9.17, 15) is 9.59 Å². The van der Waals surface area contributed by atoms with Crippen LogP contribution in [0, 0.1) is 0 Å². The summed E-state index contributed by atoms with van der Waals surface area (Å²) in [7, 11) is 1.41. The number of methoxy groups -OCH3 is 1. The number of rotatable bonds is 21. The number of unbranched alkanes of at least 4 members (excludes halogenated alkanes) is 5. The van der Waals surface area contributed by atoms with Crippen LogP contribution in [0.1, 0.15) is 90.2 Å². The molecule has 0 unspecified atom stereocenters. The van der Waals surface area contributed by atoms with Gasteiger partial charge in [-0.25, -0.2) is 4.79 Å². The summed E-state index contributed by atoms with van der Waals surface area (Å²) in [5.41, 5.74) is 0.369. The van der Waals surface area contributed by atoms with E-state index in [4.69, 9.17) is 28.4 Å². The number of carbonyl (C=O) groups excluding carboxylic acids is 2. The number of ether oxygens (including phenoxy) is 7. The number of amides is 1. The normalized spacial score (nSPS) is 14.6. The number of hydrogen-bond donors (Lipinski definition) is 1. The topological polar surface area (TPSA) is 111 Å². The van der Waals surface area contributed by atoms with Crippen molar-refractivity contribution in [3.8, 4) is 11.5 Å². The molecule has 10 heteroatoms. The van der Waals surface area contributed by atoms with Crippen LogP contribution < -0.4 is 14.8 Å². The van der Waals surface area contributed by atoms with Crippen molar-refractivity contribution in [1.29, 1.82) is 0 Å². The third-order valence-electron chi connectivity index (χ3n) is 6.30. The first-order valence-corrected chi connectivity index (χ1v) is 15.0. The number of nitrogens with one attached hydrogen (secondary N) is 1. The quantitative estimate of drug-likeness (QED) is 0.143. The van der Waals surface area contributed by atoms with Crippen molar-refractivity contribution in [2.24, 2.45) is 0 Å². The lowest BCUT2D eigenvalue weighted by molar-refractivity contribution is -0.140. The molecule has 1 aromatic carbocycles. The predicted molar refractivity (Wildman–Crippen MR) is 156 cm³/mol. The van der Waals surface area contributed by atoms with Crippen molar-refractivity contribution >= 4 is 12.1 Å². The van der Waals surface area contributed by atoms with Crippen molar-refractivity contribution in [1.82, 2.24) is 5.32 Å². The summed E-state index contributed by atoms with van der Waals surface area (Å²) >= 11 is 0. The van der Waals surface area contributed by atoms with Gasteiger partial charge in [0.2, 0.25) is 0 Å². The minimum absolute atomic E-state index is 0.156. The van der Waals surface area contributed by atoms with Crippen LogP contribution in [0.15, 0.2) is 18.2 Å². The fourth-order valence-electron chi connectivity index (χ4n) is 4.21. The molecule has 2 rings (SSSR count). The van der Waals surface area contributed by atoms with Gasteiger partial charge in [-0.2, -0.15) is 0 Å². The van der Waals surface area contributed by atoms with Crippen molar-refractivity contribution in [3.63, 3.8) is 0 Å². The molecule has 1 atom stereocenters. The summed E-state index contributed by atoms with van der Waals surface area (Å²) in [6.45, 7) is 10.4. The highest BCUT2D eigenvalue weighted by Crippen LogP contribution is 2.35. The van der Waals surface area contributed by atoms with Crippen LogP contribution >= 0.6 is 0 Å². The van der Waals surface area contributed by atoms with Gasteiger partial charge < -0.3 is 38.5 Å².